The zero-order valence-electron chi connectivity index (χ0n) is 12.2. The molecule has 2 rings (SSSR count). The van der Waals surface area contributed by atoms with Crippen LogP contribution >= 0.6 is 0 Å². The Morgan fingerprint density at radius 2 is 2.00 bits per heavy atom. The smallest absolute Gasteiger partial charge is 0.332 e. The highest BCUT2D eigenvalue weighted by Crippen LogP contribution is 2.23. The molecule has 1 fully saturated rings. The van der Waals surface area contributed by atoms with Gasteiger partial charge < -0.3 is 4.90 Å². The number of hydrogen-bond acceptors (Lipinski definition) is 2. The number of carbonyl (C=O) groups is 1. The third-order valence-electron chi connectivity index (χ3n) is 3.86. The van der Waals surface area contributed by atoms with E-state index in [1.807, 2.05) is 0 Å². The first kappa shape index (κ1) is 16.7. The molecule has 3 nitrogen and oxygen atoms in total. The second-order valence-electron chi connectivity index (χ2n) is 5.50. The van der Waals surface area contributed by atoms with Gasteiger partial charge in [-0.25, -0.2) is 4.39 Å². The molecule has 1 amide bonds. The predicted octanol–water partition coefficient (Wildman–Crippen LogP) is 2.46. The molecule has 0 saturated carbocycles. The maximum Gasteiger partial charge on any atom is 0.406 e. The lowest BCUT2D eigenvalue weighted by atomic mass is 10.1. The van der Waals surface area contributed by atoms with Crippen LogP contribution in [-0.4, -0.2) is 54.6 Å². The fourth-order valence-corrected chi connectivity index (χ4v) is 2.66. The van der Waals surface area contributed by atoms with Crippen LogP contribution in [0.1, 0.15) is 12.0 Å². The van der Waals surface area contributed by atoms with Crippen LogP contribution in [0.25, 0.3) is 0 Å². The second-order valence-corrected chi connectivity index (χ2v) is 5.50. The van der Waals surface area contributed by atoms with Crippen molar-refractivity contribution in [2.75, 3.05) is 26.7 Å². The van der Waals surface area contributed by atoms with Gasteiger partial charge in [-0.1, -0.05) is 18.2 Å². The largest absolute Gasteiger partial charge is 0.406 e. The van der Waals surface area contributed by atoms with Gasteiger partial charge in [-0.05, 0) is 31.5 Å². The molecule has 1 atom stereocenters. The Morgan fingerprint density at radius 1 is 1.32 bits per heavy atom. The predicted molar refractivity (Wildman–Crippen MR) is 73.8 cm³/mol. The minimum Gasteiger partial charge on any atom is -0.332 e. The average molecular weight is 318 g/mol. The van der Waals surface area contributed by atoms with Gasteiger partial charge in [-0.2, -0.15) is 13.2 Å². The fraction of sp³-hybridized carbons (Fsp3) is 0.533. The summed E-state index contributed by atoms with van der Waals surface area (Å²) in [5, 5.41) is 0. The molecular weight excluding hydrogens is 300 g/mol. The first-order valence-corrected chi connectivity index (χ1v) is 7.07. The third kappa shape index (κ3) is 4.19. The molecule has 122 valence electrons. The van der Waals surface area contributed by atoms with Crippen LogP contribution in [0.15, 0.2) is 24.3 Å². The van der Waals surface area contributed by atoms with Gasteiger partial charge in [0.25, 0.3) is 0 Å². The van der Waals surface area contributed by atoms with Crippen molar-refractivity contribution in [3.8, 4) is 0 Å². The number of alkyl halides is 3. The molecule has 0 radical (unpaired) electrons. The Balaban J connectivity index is 1.90. The van der Waals surface area contributed by atoms with Crippen molar-refractivity contribution in [1.82, 2.24) is 9.80 Å². The Kier molecular flexibility index (Phi) is 5.05. The van der Waals surface area contributed by atoms with Crippen LogP contribution < -0.4 is 0 Å². The van der Waals surface area contributed by atoms with Crippen LogP contribution in [0.2, 0.25) is 0 Å². The average Bonchev–Trinajstić information content (AvgIpc) is 2.77. The van der Waals surface area contributed by atoms with E-state index in [0.29, 0.717) is 24.9 Å². The van der Waals surface area contributed by atoms with Crippen LogP contribution in [-0.2, 0) is 11.2 Å². The maximum atomic E-state index is 13.5. The summed E-state index contributed by atoms with van der Waals surface area (Å²) in [7, 11) is 1.68. The van der Waals surface area contributed by atoms with Gasteiger partial charge >= 0.3 is 6.18 Å². The fourth-order valence-electron chi connectivity index (χ4n) is 2.66. The molecule has 1 aliphatic heterocycles. The van der Waals surface area contributed by atoms with Crippen LogP contribution in [0.5, 0.6) is 0 Å². The summed E-state index contributed by atoms with van der Waals surface area (Å²) in [6.07, 6.45) is -3.61. The zero-order valence-corrected chi connectivity index (χ0v) is 12.2. The van der Waals surface area contributed by atoms with E-state index in [9.17, 15) is 22.4 Å². The van der Waals surface area contributed by atoms with E-state index in [1.165, 1.54) is 6.07 Å². The summed E-state index contributed by atoms with van der Waals surface area (Å²) in [6.45, 7) is -0.687. The van der Waals surface area contributed by atoms with E-state index >= 15 is 0 Å². The number of benzene rings is 1. The second kappa shape index (κ2) is 6.64. The Labute approximate surface area is 126 Å². The topological polar surface area (TPSA) is 23.6 Å². The zero-order chi connectivity index (χ0) is 16.3. The molecule has 1 aromatic rings. The van der Waals surface area contributed by atoms with Crippen molar-refractivity contribution in [1.29, 1.82) is 0 Å². The molecule has 1 saturated heterocycles. The first-order chi connectivity index (χ1) is 10.3. The van der Waals surface area contributed by atoms with Crippen LogP contribution in [0, 0.1) is 5.82 Å². The van der Waals surface area contributed by atoms with Gasteiger partial charge in [-0.15, -0.1) is 0 Å². The normalized spacial score (nSPS) is 19.3. The highest BCUT2D eigenvalue weighted by atomic mass is 19.4. The first-order valence-electron chi connectivity index (χ1n) is 7.07. The van der Waals surface area contributed by atoms with Crippen molar-refractivity contribution in [2.45, 2.75) is 25.1 Å². The van der Waals surface area contributed by atoms with Crippen molar-refractivity contribution >= 4 is 5.91 Å². The van der Waals surface area contributed by atoms with E-state index in [0.717, 1.165) is 4.90 Å². The van der Waals surface area contributed by atoms with Gasteiger partial charge in [0.1, 0.15) is 12.4 Å². The maximum absolute atomic E-state index is 13.5. The summed E-state index contributed by atoms with van der Waals surface area (Å²) in [6, 6.07) is 5.79. The Morgan fingerprint density at radius 3 is 2.64 bits per heavy atom. The van der Waals surface area contributed by atoms with Gasteiger partial charge in [0.05, 0.1) is 6.04 Å². The monoisotopic (exact) mass is 318 g/mol. The summed E-state index contributed by atoms with van der Waals surface area (Å²) in [4.78, 5) is 14.6. The summed E-state index contributed by atoms with van der Waals surface area (Å²) in [5.41, 5.74) is 0.534. The Bertz CT molecular complexity index is 533. The minimum atomic E-state index is -4.38. The molecule has 0 bridgehead atoms. The quantitative estimate of drug-likeness (QED) is 0.779. The Hall–Kier alpha value is -1.63. The number of hydrogen-bond donors (Lipinski definition) is 0. The van der Waals surface area contributed by atoms with Crippen molar-refractivity contribution < 1.29 is 22.4 Å². The number of halogens is 4. The number of rotatable bonds is 5. The van der Waals surface area contributed by atoms with Crippen molar-refractivity contribution in [2.24, 2.45) is 0 Å². The van der Waals surface area contributed by atoms with Gasteiger partial charge in [-0.3, -0.25) is 9.69 Å². The van der Waals surface area contributed by atoms with Crippen molar-refractivity contribution in [3.63, 3.8) is 0 Å². The number of nitrogens with zero attached hydrogens (tertiary/aromatic N) is 2. The molecule has 1 heterocycles. The van der Waals surface area contributed by atoms with Crippen LogP contribution in [0.3, 0.4) is 0 Å². The minimum absolute atomic E-state index is 0.104. The molecule has 0 aliphatic carbocycles. The molecule has 7 heteroatoms. The SMILES string of the molecule is CN(CCc1ccccc1F)[C@@H]1CCN(CC(F)(F)F)C1=O. The van der Waals surface area contributed by atoms with E-state index in [4.69, 9.17) is 0 Å². The van der Waals surface area contributed by atoms with E-state index in [-0.39, 0.29) is 12.4 Å². The van der Waals surface area contributed by atoms with Gasteiger partial charge in [0, 0.05) is 13.1 Å². The van der Waals surface area contributed by atoms with Crippen molar-refractivity contribution in [3.05, 3.63) is 35.6 Å². The number of amides is 1. The summed E-state index contributed by atoms with van der Waals surface area (Å²) < 4.78 is 50.6. The molecule has 0 N–H and O–H groups in total. The molecule has 22 heavy (non-hydrogen) atoms. The highest BCUT2D eigenvalue weighted by molar-refractivity contribution is 5.84. The standard InChI is InChI=1S/C15H18F4N2O/c1-20(8-6-11-4-2-3-5-12(11)16)13-7-9-21(14(13)22)10-15(17,18)19/h2-5,13H,6-10H2,1H3/t13-/m1/s1. The number of carbonyl (C=O) groups excluding carboxylic acids is 1. The lowest BCUT2D eigenvalue weighted by Gasteiger charge is -2.24. The number of likely N-dealkylation sites (N-methyl/N-ethyl adjacent to an activating group) is 1. The lowest BCUT2D eigenvalue weighted by molar-refractivity contribution is -0.158. The van der Waals surface area contributed by atoms with E-state index in [1.54, 1.807) is 30.1 Å². The van der Waals surface area contributed by atoms with Gasteiger partial charge in [0.2, 0.25) is 5.91 Å². The molecular formula is C15H18F4N2O. The molecule has 0 aromatic heterocycles. The highest BCUT2D eigenvalue weighted by Gasteiger charge is 2.40. The molecule has 0 spiro atoms. The van der Waals surface area contributed by atoms with E-state index in [2.05, 4.69) is 0 Å². The van der Waals surface area contributed by atoms with E-state index < -0.39 is 24.7 Å². The third-order valence-corrected chi connectivity index (χ3v) is 3.86. The summed E-state index contributed by atoms with van der Waals surface area (Å²) in [5.74, 6) is -0.819. The number of likely N-dealkylation sites (tertiary alicyclic amines) is 1. The molecule has 1 aliphatic rings. The summed E-state index contributed by atoms with van der Waals surface area (Å²) >= 11 is 0. The molecule has 1 aromatic carbocycles. The lowest BCUT2D eigenvalue weighted by Crippen LogP contribution is -2.43. The van der Waals surface area contributed by atoms with Gasteiger partial charge in [0.15, 0.2) is 0 Å². The van der Waals surface area contributed by atoms with Crippen LogP contribution in [0.4, 0.5) is 17.6 Å². The molecule has 0 unspecified atom stereocenters.